The van der Waals surface area contributed by atoms with Crippen LogP contribution in [0.25, 0.3) is 16.6 Å². The van der Waals surface area contributed by atoms with Crippen LogP contribution >= 0.6 is 11.8 Å². The van der Waals surface area contributed by atoms with Gasteiger partial charge in [-0.3, -0.25) is 0 Å². The zero-order valence-electron chi connectivity index (χ0n) is 19.4. The van der Waals surface area contributed by atoms with E-state index >= 15 is 0 Å². The normalized spacial score (nSPS) is 14.5. The molecule has 1 aromatic carbocycles. The van der Waals surface area contributed by atoms with E-state index in [9.17, 15) is 4.79 Å². The lowest BCUT2D eigenvalue weighted by Crippen LogP contribution is -2.33. The number of urea groups is 1. The van der Waals surface area contributed by atoms with Crippen LogP contribution in [0.1, 0.15) is 24.5 Å². The SMILES string of the molecule is CCc1cc(C2=CCN(C(=O)N=C(N)SC)CC2)ccc1N(C)c1cc2c(cn1)ncn2C. The van der Waals surface area contributed by atoms with Gasteiger partial charge in [-0.25, -0.2) is 14.8 Å². The van der Waals surface area contributed by atoms with Crippen molar-refractivity contribution in [3.63, 3.8) is 0 Å². The van der Waals surface area contributed by atoms with E-state index in [1.807, 2.05) is 24.9 Å². The van der Waals surface area contributed by atoms with Crippen LogP contribution in [0.4, 0.5) is 16.3 Å². The molecule has 2 amide bonds. The lowest BCUT2D eigenvalue weighted by molar-refractivity contribution is 0.213. The topological polar surface area (TPSA) is 92.6 Å². The summed E-state index contributed by atoms with van der Waals surface area (Å²) in [5.74, 6) is 0.879. The molecule has 172 valence electrons. The summed E-state index contributed by atoms with van der Waals surface area (Å²) in [6, 6.07) is 8.35. The molecular weight excluding hydrogens is 434 g/mol. The van der Waals surface area contributed by atoms with Crippen LogP contribution in [0.3, 0.4) is 0 Å². The fraction of sp³-hybridized carbons (Fsp3) is 0.333. The lowest BCUT2D eigenvalue weighted by atomic mass is 9.96. The summed E-state index contributed by atoms with van der Waals surface area (Å²) in [4.78, 5) is 29.0. The maximum atomic E-state index is 12.2. The monoisotopic (exact) mass is 463 g/mol. The summed E-state index contributed by atoms with van der Waals surface area (Å²) in [5, 5.41) is 0.291. The summed E-state index contributed by atoms with van der Waals surface area (Å²) in [6.45, 7) is 3.34. The van der Waals surface area contributed by atoms with Crippen LogP contribution in [0.15, 0.2) is 47.9 Å². The van der Waals surface area contributed by atoms with E-state index in [1.165, 1.54) is 28.5 Å². The first-order chi connectivity index (χ1) is 15.9. The molecule has 0 bridgehead atoms. The number of anilines is 2. The Balaban J connectivity index is 1.55. The van der Waals surface area contributed by atoms with E-state index < -0.39 is 0 Å². The van der Waals surface area contributed by atoms with Gasteiger partial charge >= 0.3 is 6.03 Å². The van der Waals surface area contributed by atoms with Crippen molar-refractivity contribution in [1.29, 1.82) is 0 Å². The number of benzene rings is 1. The number of carbonyl (C=O) groups is 1. The Bertz CT molecular complexity index is 1250. The molecule has 0 saturated heterocycles. The molecule has 3 heterocycles. The summed E-state index contributed by atoms with van der Waals surface area (Å²) >= 11 is 1.27. The summed E-state index contributed by atoms with van der Waals surface area (Å²) in [6.07, 6.45) is 9.23. The number of amides is 2. The van der Waals surface area contributed by atoms with Gasteiger partial charge < -0.3 is 20.1 Å². The quantitative estimate of drug-likeness (QED) is 0.461. The van der Waals surface area contributed by atoms with E-state index in [0.29, 0.717) is 18.3 Å². The number of nitrogens with two attached hydrogens (primary N) is 1. The standard InChI is InChI=1S/C24H29N7OS/c1-5-16-12-18(17-8-10-31(11-9-17)24(32)28-23(25)33-4)6-7-20(16)30(3)22-13-21-19(14-26-22)27-15-29(21)2/h6-8,12-15H,5,9-11H2,1-4H3,(H2,25,28,32). The number of aliphatic imine (C=N–C) groups is 1. The smallest absolute Gasteiger partial charge is 0.346 e. The molecule has 1 aliphatic rings. The van der Waals surface area contributed by atoms with E-state index in [0.717, 1.165) is 35.4 Å². The highest BCUT2D eigenvalue weighted by Crippen LogP contribution is 2.32. The first-order valence-corrected chi connectivity index (χ1v) is 12.1. The summed E-state index contributed by atoms with van der Waals surface area (Å²) in [5.41, 5.74) is 12.4. The van der Waals surface area contributed by atoms with Crippen molar-refractivity contribution in [3.8, 4) is 0 Å². The maximum absolute atomic E-state index is 12.2. The number of pyridine rings is 1. The van der Waals surface area contributed by atoms with Gasteiger partial charge in [-0.2, -0.15) is 4.99 Å². The van der Waals surface area contributed by atoms with Gasteiger partial charge in [0.25, 0.3) is 0 Å². The van der Waals surface area contributed by atoms with Crippen molar-refractivity contribution in [2.45, 2.75) is 19.8 Å². The number of hydrogen-bond acceptors (Lipinski definition) is 5. The van der Waals surface area contributed by atoms with Crippen molar-refractivity contribution >= 4 is 51.1 Å². The average Bonchev–Trinajstić information content (AvgIpc) is 3.23. The second kappa shape index (κ2) is 9.66. The molecule has 2 aromatic heterocycles. The molecule has 1 aliphatic heterocycles. The number of nitrogens with zero attached hydrogens (tertiary/aromatic N) is 6. The number of imidazole rings is 1. The van der Waals surface area contributed by atoms with Crippen LogP contribution in [0.2, 0.25) is 0 Å². The molecule has 8 nitrogen and oxygen atoms in total. The van der Waals surface area contributed by atoms with Gasteiger partial charge in [0.15, 0.2) is 5.17 Å². The van der Waals surface area contributed by atoms with Crippen LogP contribution in [0, 0.1) is 0 Å². The first kappa shape index (κ1) is 22.8. The Morgan fingerprint density at radius 2 is 2.12 bits per heavy atom. The number of carbonyl (C=O) groups excluding carboxylic acids is 1. The molecule has 9 heteroatoms. The van der Waals surface area contributed by atoms with Crippen molar-refractivity contribution in [3.05, 3.63) is 54.0 Å². The molecule has 2 N–H and O–H groups in total. The molecular formula is C24H29N7OS. The third kappa shape index (κ3) is 4.73. The van der Waals surface area contributed by atoms with Gasteiger partial charge in [0, 0.05) is 38.9 Å². The number of amidine groups is 1. The fourth-order valence-corrected chi connectivity index (χ4v) is 4.21. The second-order valence-corrected chi connectivity index (χ2v) is 8.83. The van der Waals surface area contributed by atoms with Gasteiger partial charge in [0.2, 0.25) is 0 Å². The van der Waals surface area contributed by atoms with E-state index in [1.54, 1.807) is 17.5 Å². The van der Waals surface area contributed by atoms with Gasteiger partial charge in [-0.15, -0.1) is 0 Å². The maximum Gasteiger partial charge on any atom is 0.346 e. The largest absolute Gasteiger partial charge is 0.378 e. The molecule has 0 radical (unpaired) electrons. The van der Waals surface area contributed by atoms with Crippen molar-refractivity contribution in [1.82, 2.24) is 19.4 Å². The van der Waals surface area contributed by atoms with E-state index in [2.05, 4.69) is 57.1 Å². The highest BCUT2D eigenvalue weighted by Gasteiger charge is 2.19. The predicted molar refractivity (Wildman–Crippen MR) is 137 cm³/mol. The average molecular weight is 464 g/mol. The van der Waals surface area contributed by atoms with Crippen LogP contribution < -0.4 is 10.6 Å². The number of thioether (sulfide) groups is 1. The minimum Gasteiger partial charge on any atom is -0.378 e. The number of aromatic nitrogens is 3. The van der Waals surface area contributed by atoms with Crippen molar-refractivity contribution < 1.29 is 4.79 Å². The highest BCUT2D eigenvalue weighted by molar-refractivity contribution is 8.13. The zero-order chi connectivity index (χ0) is 23.5. The third-order valence-corrected chi connectivity index (χ3v) is 6.54. The second-order valence-electron chi connectivity index (χ2n) is 8.00. The van der Waals surface area contributed by atoms with Crippen molar-refractivity contribution in [2.75, 3.05) is 31.3 Å². The molecule has 4 rings (SSSR count). The Hall–Kier alpha value is -3.33. The van der Waals surface area contributed by atoms with Crippen molar-refractivity contribution in [2.24, 2.45) is 17.8 Å². The molecule has 0 fully saturated rings. The molecule has 0 saturated carbocycles. The number of aryl methyl sites for hydroxylation is 2. The molecule has 0 unspecified atom stereocenters. The number of rotatable bonds is 4. The van der Waals surface area contributed by atoms with Gasteiger partial charge in [-0.05, 0) is 47.9 Å². The van der Waals surface area contributed by atoms with E-state index in [4.69, 9.17) is 5.73 Å². The van der Waals surface area contributed by atoms with Gasteiger partial charge in [-0.1, -0.05) is 30.8 Å². The Morgan fingerprint density at radius 3 is 2.82 bits per heavy atom. The zero-order valence-corrected chi connectivity index (χ0v) is 20.3. The molecule has 33 heavy (non-hydrogen) atoms. The highest BCUT2D eigenvalue weighted by atomic mass is 32.2. The Morgan fingerprint density at radius 1 is 1.30 bits per heavy atom. The molecule has 0 aliphatic carbocycles. The summed E-state index contributed by atoms with van der Waals surface area (Å²) in [7, 11) is 4.03. The molecule has 0 atom stereocenters. The molecule has 3 aromatic rings. The fourth-order valence-electron chi connectivity index (χ4n) is 4.04. The number of fused-ring (bicyclic) bond motifs is 1. The van der Waals surface area contributed by atoms with Gasteiger partial charge in [0.1, 0.15) is 11.3 Å². The van der Waals surface area contributed by atoms with Crippen LogP contribution in [-0.2, 0) is 13.5 Å². The van der Waals surface area contributed by atoms with Gasteiger partial charge in [0.05, 0.1) is 18.0 Å². The van der Waals surface area contributed by atoms with E-state index in [-0.39, 0.29) is 6.03 Å². The summed E-state index contributed by atoms with van der Waals surface area (Å²) < 4.78 is 2.00. The first-order valence-electron chi connectivity index (χ1n) is 10.9. The minimum absolute atomic E-state index is 0.277. The third-order valence-electron chi connectivity index (χ3n) is 6.03. The minimum atomic E-state index is -0.277. The van der Waals surface area contributed by atoms with Crippen LogP contribution in [-0.4, -0.2) is 57.0 Å². The number of hydrogen-bond donors (Lipinski definition) is 1. The predicted octanol–water partition coefficient (Wildman–Crippen LogP) is 4.19. The Labute approximate surface area is 198 Å². The van der Waals surface area contributed by atoms with Crippen LogP contribution in [0.5, 0.6) is 0 Å². The molecule has 0 spiro atoms. The Kier molecular flexibility index (Phi) is 6.69. The lowest BCUT2D eigenvalue weighted by Gasteiger charge is -2.26.